The molecule has 0 aliphatic carbocycles. The molecule has 7 nitrogen and oxygen atoms in total. The van der Waals surface area contributed by atoms with Gasteiger partial charge in [0.2, 0.25) is 0 Å². The van der Waals surface area contributed by atoms with E-state index in [-0.39, 0.29) is 41.8 Å². The zero-order chi connectivity index (χ0) is 36.2. The molecule has 1 amide bonds. The molecular formula is C36H45ClF4N2O5. The number of ether oxygens (including phenoxy) is 3. The summed E-state index contributed by atoms with van der Waals surface area (Å²) in [5.41, 5.74) is -0.527. The lowest BCUT2D eigenvalue weighted by Gasteiger charge is -2.27. The van der Waals surface area contributed by atoms with Gasteiger partial charge in [0.25, 0.3) is 5.91 Å². The Kier molecular flexibility index (Phi) is 15.0. The molecule has 1 N–H and O–H groups in total. The van der Waals surface area contributed by atoms with Crippen molar-refractivity contribution in [3.8, 4) is 11.5 Å². The van der Waals surface area contributed by atoms with Crippen molar-refractivity contribution in [1.82, 2.24) is 0 Å². The van der Waals surface area contributed by atoms with Gasteiger partial charge in [0, 0.05) is 53.1 Å². The SMILES string of the molecule is CC.CC.COc1cc(NC(C(=O)N2CCc3ccc(C(F)(F)F)cc32)c2ccc(Cl)cc2F)cc(OCCCC(=O)OC(C)(C)C)c1. The van der Waals surface area contributed by atoms with Crippen molar-refractivity contribution < 1.29 is 41.4 Å². The molecule has 1 aliphatic rings. The van der Waals surface area contributed by atoms with Gasteiger partial charge in [0.05, 0.1) is 19.3 Å². The molecule has 1 heterocycles. The van der Waals surface area contributed by atoms with Gasteiger partial charge in [-0.15, -0.1) is 0 Å². The minimum Gasteiger partial charge on any atom is -0.497 e. The maximum absolute atomic E-state index is 15.2. The zero-order valence-corrected chi connectivity index (χ0v) is 29.4. The first-order valence-corrected chi connectivity index (χ1v) is 16.3. The van der Waals surface area contributed by atoms with E-state index in [2.05, 4.69) is 5.32 Å². The van der Waals surface area contributed by atoms with Crippen LogP contribution in [0, 0.1) is 5.82 Å². The zero-order valence-electron chi connectivity index (χ0n) is 28.7. The smallest absolute Gasteiger partial charge is 0.416 e. The largest absolute Gasteiger partial charge is 0.497 e. The number of halogens is 5. The third kappa shape index (κ3) is 11.3. The number of rotatable bonds is 10. The third-order valence-electron chi connectivity index (χ3n) is 6.74. The second-order valence-electron chi connectivity index (χ2n) is 11.3. The third-order valence-corrected chi connectivity index (χ3v) is 6.97. The summed E-state index contributed by atoms with van der Waals surface area (Å²) in [6.45, 7) is 13.6. The average Bonchev–Trinajstić information content (AvgIpc) is 3.46. The molecule has 1 aliphatic heterocycles. The van der Waals surface area contributed by atoms with Crippen molar-refractivity contribution in [2.45, 2.75) is 85.5 Å². The highest BCUT2D eigenvalue weighted by Gasteiger charge is 2.36. The Bertz CT molecular complexity index is 1530. The number of nitrogens with one attached hydrogen (secondary N) is 1. The predicted molar refractivity (Wildman–Crippen MR) is 182 cm³/mol. The number of carbonyl (C=O) groups is 2. The van der Waals surface area contributed by atoms with Gasteiger partial charge in [-0.2, -0.15) is 13.2 Å². The minimum atomic E-state index is -4.60. The first-order chi connectivity index (χ1) is 22.6. The molecule has 0 fully saturated rings. The van der Waals surface area contributed by atoms with Crippen molar-refractivity contribution >= 4 is 34.9 Å². The van der Waals surface area contributed by atoms with Crippen LogP contribution in [0.2, 0.25) is 5.02 Å². The van der Waals surface area contributed by atoms with Crippen LogP contribution in [-0.2, 0) is 26.9 Å². The molecule has 3 aromatic rings. The van der Waals surface area contributed by atoms with Crippen molar-refractivity contribution in [3.63, 3.8) is 0 Å². The monoisotopic (exact) mass is 696 g/mol. The van der Waals surface area contributed by atoms with Gasteiger partial charge in [-0.1, -0.05) is 51.4 Å². The lowest BCUT2D eigenvalue weighted by atomic mass is 10.0. The first-order valence-electron chi connectivity index (χ1n) is 15.9. The Labute approximate surface area is 285 Å². The van der Waals surface area contributed by atoms with Crippen LogP contribution in [0.25, 0.3) is 0 Å². The molecule has 264 valence electrons. The molecule has 0 bridgehead atoms. The maximum Gasteiger partial charge on any atom is 0.416 e. The predicted octanol–water partition coefficient (Wildman–Crippen LogP) is 9.80. The number of methoxy groups -OCH3 is 1. The Morgan fingerprint density at radius 3 is 2.23 bits per heavy atom. The number of esters is 1. The molecule has 12 heteroatoms. The number of fused-ring (bicyclic) bond motifs is 1. The summed E-state index contributed by atoms with van der Waals surface area (Å²) in [5, 5.41) is 3.14. The van der Waals surface area contributed by atoms with Gasteiger partial charge in [-0.25, -0.2) is 4.39 Å². The van der Waals surface area contributed by atoms with E-state index < -0.39 is 35.1 Å². The number of alkyl halides is 3. The highest BCUT2D eigenvalue weighted by Crippen LogP contribution is 2.38. The van der Waals surface area contributed by atoms with Gasteiger partial charge in [-0.05, 0) is 63.4 Å². The number of carbonyl (C=O) groups excluding carboxylic acids is 2. The van der Waals surface area contributed by atoms with Crippen LogP contribution in [0.4, 0.5) is 28.9 Å². The summed E-state index contributed by atoms with van der Waals surface area (Å²) in [7, 11) is 1.44. The number of hydrogen-bond acceptors (Lipinski definition) is 6. The Morgan fingerprint density at radius 1 is 0.958 bits per heavy atom. The van der Waals surface area contributed by atoms with Gasteiger partial charge in [0.15, 0.2) is 0 Å². The second-order valence-corrected chi connectivity index (χ2v) is 11.7. The fourth-order valence-corrected chi connectivity index (χ4v) is 4.93. The highest BCUT2D eigenvalue weighted by atomic mass is 35.5. The molecule has 3 aromatic carbocycles. The van der Waals surface area contributed by atoms with E-state index in [9.17, 15) is 22.8 Å². The van der Waals surface area contributed by atoms with Gasteiger partial charge in [0.1, 0.15) is 29.0 Å². The molecule has 48 heavy (non-hydrogen) atoms. The molecule has 0 saturated heterocycles. The van der Waals surface area contributed by atoms with Crippen LogP contribution in [0.3, 0.4) is 0 Å². The van der Waals surface area contributed by atoms with Gasteiger partial charge < -0.3 is 24.4 Å². The van der Waals surface area contributed by atoms with E-state index in [1.54, 1.807) is 39.0 Å². The summed E-state index contributed by atoms with van der Waals surface area (Å²) in [6, 6.07) is 10.5. The average molecular weight is 697 g/mol. The summed E-state index contributed by atoms with van der Waals surface area (Å²) in [6.07, 6.45) is -3.74. The van der Waals surface area contributed by atoms with Gasteiger partial charge >= 0.3 is 12.1 Å². The van der Waals surface area contributed by atoms with Crippen molar-refractivity contribution in [2.24, 2.45) is 0 Å². The summed E-state index contributed by atoms with van der Waals surface area (Å²) < 4.78 is 72.2. The van der Waals surface area contributed by atoms with Crippen molar-refractivity contribution in [1.29, 1.82) is 0 Å². The fraction of sp³-hybridized carbons (Fsp3) is 0.444. The van der Waals surface area contributed by atoms with Crippen LogP contribution in [-0.4, -0.2) is 37.7 Å². The molecule has 0 spiro atoms. The fourth-order valence-electron chi connectivity index (χ4n) is 4.77. The van der Waals surface area contributed by atoms with E-state index in [4.69, 9.17) is 25.8 Å². The van der Waals surface area contributed by atoms with Crippen LogP contribution >= 0.6 is 11.6 Å². The summed E-state index contributed by atoms with van der Waals surface area (Å²) in [5.74, 6) is -1.08. The van der Waals surface area contributed by atoms with E-state index in [1.165, 1.54) is 30.2 Å². The lowest BCUT2D eigenvalue weighted by Crippen LogP contribution is -2.37. The standard InChI is InChI=1S/C32H33ClF4N2O5.2C2H6/c1-31(2,3)44-28(40)6-5-13-43-24-17-22(16-23(18-24)42-4)38-29(25-10-9-21(33)15-26(25)34)30(41)39-12-11-19-7-8-20(14-27(19)39)32(35,36)37;2*1-2/h7-10,14-18,29,38H,5-6,11-13H2,1-4H3;2*1-2H3. The Morgan fingerprint density at radius 2 is 1.62 bits per heavy atom. The first kappa shape index (κ1) is 40.2. The number of anilines is 2. The molecule has 0 saturated carbocycles. The lowest BCUT2D eigenvalue weighted by molar-refractivity contribution is -0.155. The number of nitrogens with zero attached hydrogens (tertiary/aromatic N) is 1. The molecule has 1 atom stereocenters. The minimum absolute atomic E-state index is 0.0533. The molecule has 0 aromatic heterocycles. The molecule has 0 radical (unpaired) electrons. The number of amides is 1. The number of hydrogen-bond donors (Lipinski definition) is 1. The molecule has 1 unspecified atom stereocenters. The topological polar surface area (TPSA) is 77.1 Å². The maximum atomic E-state index is 15.2. The van der Waals surface area contributed by atoms with Crippen LogP contribution in [0.5, 0.6) is 11.5 Å². The molecular weight excluding hydrogens is 652 g/mol. The van der Waals surface area contributed by atoms with E-state index in [0.717, 1.165) is 18.2 Å². The quantitative estimate of drug-likeness (QED) is 0.129. The van der Waals surface area contributed by atoms with Crippen molar-refractivity contribution in [3.05, 3.63) is 82.1 Å². The Balaban J connectivity index is 0.00000193. The second kappa shape index (κ2) is 18.0. The van der Waals surface area contributed by atoms with Gasteiger partial charge in [-0.3, -0.25) is 9.59 Å². The van der Waals surface area contributed by atoms with E-state index >= 15 is 4.39 Å². The van der Waals surface area contributed by atoms with Crippen LogP contribution < -0.4 is 19.7 Å². The Hall–Kier alpha value is -3.99. The van der Waals surface area contributed by atoms with Crippen LogP contribution in [0.1, 0.15) is 84.0 Å². The van der Waals surface area contributed by atoms with E-state index in [0.29, 0.717) is 35.6 Å². The van der Waals surface area contributed by atoms with Crippen molar-refractivity contribution in [2.75, 3.05) is 30.5 Å². The van der Waals surface area contributed by atoms with Crippen LogP contribution in [0.15, 0.2) is 54.6 Å². The highest BCUT2D eigenvalue weighted by molar-refractivity contribution is 6.30. The van der Waals surface area contributed by atoms with E-state index in [1.807, 2.05) is 27.7 Å². The summed E-state index contributed by atoms with van der Waals surface area (Å²) in [4.78, 5) is 27.2. The number of benzene rings is 3. The normalized spacial score (nSPS) is 12.8. The summed E-state index contributed by atoms with van der Waals surface area (Å²) >= 11 is 5.96. The molecule has 4 rings (SSSR count).